The maximum Gasteiger partial charge on any atom is 0.120 e. The molecule has 118 valence electrons. The fourth-order valence-corrected chi connectivity index (χ4v) is 3.73. The van der Waals surface area contributed by atoms with Crippen molar-refractivity contribution in [2.24, 2.45) is 0 Å². The van der Waals surface area contributed by atoms with E-state index in [4.69, 9.17) is 0 Å². The van der Waals surface area contributed by atoms with Crippen LogP contribution in [0.15, 0.2) is 22.7 Å². The molecule has 1 fully saturated rings. The number of aromatic hydroxyl groups is 1. The lowest BCUT2D eigenvalue weighted by Crippen LogP contribution is -2.56. The second-order valence-electron chi connectivity index (χ2n) is 5.90. The molecule has 2 N–H and O–H groups in total. The number of halogens is 1. The van der Waals surface area contributed by atoms with Gasteiger partial charge in [0.25, 0.3) is 0 Å². The molecule has 1 aromatic rings. The molecule has 0 amide bonds. The van der Waals surface area contributed by atoms with E-state index in [0.717, 1.165) is 42.4 Å². The molecule has 0 bridgehead atoms. The van der Waals surface area contributed by atoms with Gasteiger partial charge in [0.1, 0.15) is 5.75 Å². The van der Waals surface area contributed by atoms with Crippen LogP contribution < -0.4 is 5.32 Å². The summed E-state index contributed by atoms with van der Waals surface area (Å²) in [7, 11) is 0. The summed E-state index contributed by atoms with van der Waals surface area (Å²) in [5, 5.41) is 13.9. The van der Waals surface area contributed by atoms with Gasteiger partial charge in [-0.05, 0) is 37.5 Å². The summed E-state index contributed by atoms with van der Waals surface area (Å²) in [5.74, 6) is 0.409. The van der Waals surface area contributed by atoms with Crippen molar-refractivity contribution in [3.8, 4) is 5.75 Å². The molecule has 1 saturated heterocycles. The number of nitrogens with zero attached hydrogens (tertiary/aromatic N) is 1. The number of benzene rings is 1. The number of nitrogens with one attached hydrogen (secondary N) is 1. The highest BCUT2D eigenvalue weighted by Gasteiger charge is 2.32. The van der Waals surface area contributed by atoms with Gasteiger partial charge in [0, 0.05) is 41.3 Å². The minimum absolute atomic E-state index is 0.281. The van der Waals surface area contributed by atoms with Gasteiger partial charge in [-0.1, -0.05) is 36.7 Å². The number of phenols is 1. The minimum Gasteiger partial charge on any atom is -0.508 e. The van der Waals surface area contributed by atoms with Crippen LogP contribution in [0.25, 0.3) is 0 Å². The molecular formula is C17H27BrN2O. The Hall–Kier alpha value is -0.580. The van der Waals surface area contributed by atoms with Crippen molar-refractivity contribution < 1.29 is 5.11 Å². The molecule has 3 atom stereocenters. The van der Waals surface area contributed by atoms with Gasteiger partial charge in [0.2, 0.25) is 0 Å². The molecule has 0 aliphatic carbocycles. The molecular weight excluding hydrogens is 328 g/mol. The Balaban J connectivity index is 2.30. The monoisotopic (exact) mass is 354 g/mol. The summed E-state index contributed by atoms with van der Waals surface area (Å²) in [4.78, 5) is 2.59. The highest BCUT2D eigenvalue weighted by atomic mass is 79.9. The van der Waals surface area contributed by atoms with E-state index in [0.29, 0.717) is 17.8 Å². The highest BCUT2D eigenvalue weighted by molar-refractivity contribution is 9.10. The number of hydrogen-bond donors (Lipinski definition) is 2. The van der Waals surface area contributed by atoms with Crippen molar-refractivity contribution in [3.05, 3.63) is 28.2 Å². The van der Waals surface area contributed by atoms with Crippen LogP contribution in [-0.4, -0.2) is 35.2 Å². The van der Waals surface area contributed by atoms with Crippen molar-refractivity contribution >= 4 is 15.9 Å². The largest absolute Gasteiger partial charge is 0.508 e. The fourth-order valence-electron chi connectivity index (χ4n) is 3.35. The maximum absolute atomic E-state index is 10.3. The third kappa shape index (κ3) is 3.79. The first-order valence-electron chi connectivity index (χ1n) is 8.08. The molecule has 1 heterocycles. The van der Waals surface area contributed by atoms with Crippen molar-refractivity contribution in [1.29, 1.82) is 0 Å². The lowest BCUT2D eigenvalue weighted by Gasteiger charge is -2.44. The first-order chi connectivity index (χ1) is 10.1. The summed E-state index contributed by atoms with van der Waals surface area (Å²) < 4.78 is 1.03. The van der Waals surface area contributed by atoms with Gasteiger partial charge in [0.05, 0.1) is 0 Å². The molecule has 2 rings (SSSR count). The third-order valence-electron chi connectivity index (χ3n) is 4.64. The van der Waals surface area contributed by atoms with Gasteiger partial charge in [-0.25, -0.2) is 0 Å². The normalized spacial score (nSPS) is 25.0. The lowest BCUT2D eigenvalue weighted by atomic mass is 9.95. The number of hydrogen-bond acceptors (Lipinski definition) is 3. The average Bonchev–Trinajstić information content (AvgIpc) is 2.51. The van der Waals surface area contributed by atoms with E-state index >= 15 is 0 Å². The van der Waals surface area contributed by atoms with E-state index in [1.165, 1.54) is 0 Å². The van der Waals surface area contributed by atoms with E-state index in [9.17, 15) is 5.11 Å². The Morgan fingerprint density at radius 3 is 2.71 bits per heavy atom. The van der Waals surface area contributed by atoms with Gasteiger partial charge in [-0.2, -0.15) is 0 Å². The smallest absolute Gasteiger partial charge is 0.120 e. The molecule has 3 unspecified atom stereocenters. The molecule has 1 aliphatic heterocycles. The van der Waals surface area contributed by atoms with E-state index in [-0.39, 0.29) is 6.04 Å². The van der Waals surface area contributed by atoms with Crippen LogP contribution in [0.4, 0.5) is 0 Å². The highest BCUT2D eigenvalue weighted by Crippen LogP contribution is 2.35. The molecule has 21 heavy (non-hydrogen) atoms. The Bertz CT molecular complexity index is 466. The Morgan fingerprint density at radius 2 is 2.10 bits per heavy atom. The topological polar surface area (TPSA) is 35.5 Å². The number of phenolic OH excluding ortho intramolecular Hbond substituents is 1. The van der Waals surface area contributed by atoms with Gasteiger partial charge >= 0.3 is 0 Å². The van der Waals surface area contributed by atoms with Crippen LogP contribution in [-0.2, 0) is 0 Å². The molecule has 4 heteroatoms. The average molecular weight is 355 g/mol. The number of piperazine rings is 1. The standard InChI is InChI=1S/C17H27BrN2O/c1-4-13-11-20(14(5-2)10-19-13)16(6-3)15-9-12(18)7-8-17(15)21/h7-9,13-14,16,19,21H,4-6,10-11H2,1-3H3. The second kappa shape index (κ2) is 7.61. The Morgan fingerprint density at radius 1 is 1.33 bits per heavy atom. The molecule has 1 aromatic carbocycles. The molecule has 0 saturated carbocycles. The van der Waals surface area contributed by atoms with Gasteiger partial charge in [-0.3, -0.25) is 4.90 Å². The SMILES string of the molecule is CCC1CN(C(CC)c2cc(Br)ccc2O)C(CC)CN1. The Labute approximate surface area is 136 Å². The lowest BCUT2D eigenvalue weighted by molar-refractivity contribution is 0.0736. The van der Waals surface area contributed by atoms with Crippen LogP contribution in [0.3, 0.4) is 0 Å². The first kappa shape index (κ1) is 16.8. The van der Waals surface area contributed by atoms with Crippen LogP contribution in [0.5, 0.6) is 5.75 Å². The maximum atomic E-state index is 10.3. The minimum atomic E-state index is 0.281. The van der Waals surface area contributed by atoms with Crippen LogP contribution in [0, 0.1) is 0 Å². The van der Waals surface area contributed by atoms with E-state index in [2.05, 4.69) is 53.0 Å². The zero-order valence-electron chi connectivity index (χ0n) is 13.3. The van der Waals surface area contributed by atoms with Crippen LogP contribution in [0.1, 0.15) is 51.6 Å². The van der Waals surface area contributed by atoms with E-state index in [1.807, 2.05) is 6.07 Å². The van der Waals surface area contributed by atoms with E-state index < -0.39 is 0 Å². The van der Waals surface area contributed by atoms with Gasteiger partial charge < -0.3 is 10.4 Å². The predicted octanol–water partition coefficient (Wildman–Crippen LogP) is 4.07. The van der Waals surface area contributed by atoms with Crippen molar-refractivity contribution in [2.75, 3.05) is 13.1 Å². The van der Waals surface area contributed by atoms with Crippen molar-refractivity contribution in [2.45, 2.75) is 58.2 Å². The summed E-state index contributed by atoms with van der Waals surface area (Å²) in [5.41, 5.74) is 1.04. The van der Waals surface area contributed by atoms with Crippen LogP contribution >= 0.6 is 15.9 Å². The molecule has 3 nitrogen and oxygen atoms in total. The summed E-state index contributed by atoms with van der Waals surface area (Å²) in [6.45, 7) is 8.79. The molecule has 1 aliphatic rings. The summed E-state index contributed by atoms with van der Waals surface area (Å²) >= 11 is 3.53. The van der Waals surface area contributed by atoms with Crippen LogP contribution in [0.2, 0.25) is 0 Å². The first-order valence-corrected chi connectivity index (χ1v) is 8.87. The van der Waals surface area contributed by atoms with E-state index in [1.54, 1.807) is 6.07 Å². The second-order valence-corrected chi connectivity index (χ2v) is 6.82. The van der Waals surface area contributed by atoms with Crippen molar-refractivity contribution in [1.82, 2.24) is 10.2 Å². The molecule has 0 radical (unpaired) electrons. The molecule has 0 aromatic heterocycles. The Kier molecular flexibility index (Phi) is 6.08. The quantitative estimate of drug-likeness (QED) is 0.836. The van der Waals surface area contributed by atoms with Gasteiger partial charge in [0.15, 0.2) is 0 Å². The van der Waals surface area contributed by atoms with Gasteiger partial charge in [-0.15, -0.1) is 0 Å². The predicted molar refractivity (Wildman–Crippen MR) is 91.7 cm³/mol. The van der Waals surface area contributed by atoms with Crippen molar-refractivity contribution in [3.63, 3.8) is 0 Å². The third-order valence-corrected chi connectivity index (χ3v) is 5.14. The summed E-state index contributed by atoms with van der Waals surface area (Å²) in [6.07, 6.45) is 3.29. The summed E-state index contributed by atoms with van der Waals surface area (Å²) in [6, 6.07) is 7.13. The fraction of sp³-hybridized carbons (Fsp3) is 0.647. The number of rotatable bonds is 5. The zero-order chi connectivity index (χ0) is 15.4. The molecule has 0 spiro atoms. The zero-order valence-corrected chi connectivity index (χ0v) is 14.9.